The van der Waals surface area contributed by atoms with E-state index in [-0.39, 0.29) is 12.4 Å². The molecule has 7 nitrogen and oxygen atoms in total. The molecule has 0 saturated carbocycles. The number of methoxy groups -OCH3 is 2. The minimum Gasteiger partial charge on any atom is -0.497 e. The van der Waals surface area contributed by atoms with Crippen molar-refractivity contribution < 1.29 is 23.7 Å². The van der Waals surface area contributed by atoms with Crippen LogP contribution in [-0.2, 0) is 4.79 Å². The Labute approximate surface area is 164 Å². The number of carbonyl (C=O) groups is 1. The van der Waals surface area contributed by atoms with E-state index in [9.17, 15) is 10.1 Å². The molecule has 0 spiro atoms. The van der Waals surface area contributed by atoms with Gasteiger partial charge >= 0.3 is 0 Å². The van der Waals surface area contributed by atoms with E-state index < -0.39 is 5.91 Å². The summed E-state index contributed by atoms with van der Waals surface area (Å²) in [6, 6.07) is 10.3. The zero-order valence-corrected chi connectivity index (χ0v) is 16.1. The molecule has 0 atom stereocenters. The lowest BCUT2D eigenvalue weighted by Crippen LogP contribution is -2.14. The van der Waals surface area contributed by atoms with Crippen molar-refractivity contribution in [1.82, 2.24) is 0 Å². The Bertz CT molecular complexity index is 965. The molecule has 3 rings (SSSR count). The summed E-state index contributed by atoms with van der Waals surface area (Å²) in [4.78, 5) is 12.6. The van der Waals surface area contributed by atoms with E-state index >= 15 is 0 Å². The number of nitrogens with one attached hydrogen (secondary N) is 1. The maximum atomic E-state index is 12.6. The van der Waals surface area contributed by atoms with Crippen molar-refractivity contribution in [3.05, 3.63) is 45.9 Å². The van der Waals surface area contributed by atoms with E-state index in [2.05, 4.69) is 21.2 Å². The van der Waals surface area contributed by atoms with E-state index in [0.717, 1.165) is 0 Å². The second-order valence-corrected chi connectivity index (χ2v) is 6.27. The van der Waals surface area contributed by atoms with E-state index in [1.165, 1.54) is 20.3 Å². The van der Waals surface area contributed by atoms with E-state index in [4.69, 9.17) is 18.9 Å². The monoisotopic (exact) mass is 430 g/mol. The molecule has 1 N–H and O–H groups in total. The van der Waals surface area contributed by atoms with E-state index in [1.807, 2.05) is 6.07 Å². The molecule has 1 aliphatic heterocycles. The number of hydrogen-bond acceptors (Lipinski definition) is 6. The molecule has 0 aromatic heterocycles. The first-order chi connectivity index (χ1) is 13.0. The first-order valence-electron chi connectivity index (χ1n) is 7.80. The van der Waals surface area contributed by atoms with Gasteiger partial charge in [0.2, 0.25) is 6.79 Å². The third-order valence-electron chi connectivity index (χ3n) is 3.81. The molecule has 0 unspecified atom stereocenters. The van der Waals surface area contributed by atoms with Crippen LogP contribution in [0.15, 0.2) is 40.4 Å². The normalized spacial score (nSPS) is 12.3. The first-order valence-corrected chi connectivity index (χ1v) is 8.59. The van der Waals surface area contributed by atoms with Crippen LogP contribution >= 0.6 is 15.9 Å². The molecule has 0 fully saturated rings. The van der Waals surface area contributed by atoms with Gasteiger partial charge in [0.25, 0.3) is 5.91 Å². The summed E-state index contributed by atoms with van der Waals surface area (Å²) in [6.45, 7) is 0.135. The molecule has 0 aliphatic carbocycles. The van der Waals surface area contributed by atoms with Crippen molar-refractivity contribution in [3.8, 4) is 29.1 Å². The predicted octanol–water partition coefficient (Wildman–Crippen LogP) is 3.74. The van der Waals surface area contributed by atoms with Gasteiger partial charge in [0.1, 0.15) is 23.1 Å². The highest BCUT2D eigenvalue weighted by molar-refractivity contribution is 9.10. The second-order valence-electron chi connectivity index (χ2n) is 5.42. The summed E-state index contributed by atoms with van der Waals surface area (Å²) in [5, 5.41) is 12.1. The number of ether oxygens (including phenoxy) is 4. The molecule has 0 radical (unpaired) electrons. The fraction of sp³-hybridized carbons (Fsp3) is 0.158. The number of rotatable bonds is 5. The number of amides is 1. The number of nitrogens with zero attached hydrogens (tertiary/aromatic N) is 1. The Morgan fingerprint density at radius 1 is 1.22 bits per heavy atom. The molecule has 2 aromatic rings. The van der Waals surface area contributed by atoms with E-state index in [0.29, 0.717) is 38.7 Å². The number of hydrogen-bond donors (Lipinski definition) is 1. The summed E-state index contributed by atoms with van der Waals surface area (Å²) < 4.78 is 21.7. The molecular weight excluding hydrogens is 416 g/mol. The highest BCUT2D eigenvalue weighted by Crippen LogP contribution is 2.38. The zero-order valence-electron chi connectivity index (χ0n) is 14.5. The molecule has 27 heavy (non-hydrogen) atoms. The van der Waals surface area contributed by atoms with Crippen LogP contribution in [0.5, 0.6) is 23.0 Å². The standard InChI is InChI=1S/C19H15BrN2O5/c1-24-13-3-4-16(25-2)15(7-13)22-19(23)12(9-21)5-11-6-17-18(8-14(11)20)27-10-26-17/h3-8H,10H2,1-2H3,(H,22,23)/b12-5+. The van der Waals surface area contributed by atoms with Crippen LogP contribution in [0.4, 0.5) is 5.69 Å². The topological polar surface area (TPSA) is 89.8 Å². The van der Waals surface area contributed by atoms with Gasteiger partial charge in [0.15, 0.2) is 11.5 Å². The Balaban J connectivity index is 1.89. The highest BCUT2D eigenvalue weighted by Gasteiger charge is 2.18. The molecule has 1 heterocycles. The predicted molar refractivity (Wildman–Crippen MR) is 102 cm³/mol. The highest BCUT2D eigenvalue weighted by atomic mass is 79.9. The maximum Gasteiger partial charge on any atom is 0.266 e. The summed E-state index contributed by atoms with van der Waals surface area (Å²) in [6.07, 6.45) is 1.47. The number of benzene rings is 2. The molecule has 0 saturated heterocycles. The summed E-state index contributed by atoms with van der Waals surface area (Å²) in [5.41, 5.74) is 0.927. The fourth-order valence-corrected chi connectivity index (χ4v) is 2.89. The molecule has 0 bridgehead atoms. The van der Waals surface area contributed by atoms with Crippen molar-refractivity contribution >= 4 is 33.6 Å². The SMILES string of the molecule is COc1ccc(OC)c(NC(=O)/C(C#N)=C/c2cc3c(cc2Br)OCO3)c1. The first kappa shape index (κ1) is 18.6. The lowest BCUT2D eigenvalue weighted by atomic mass is 10.1. The van der Waals surface area contributed by atoms with Gasteiger partial charge in [0, 0.05) is 10.5 Å². The minimum atomic E-state index is -0.575. The van der Waals surface area contributed by atoms with Crippen LogP contribution < -0.4 is 24.3 Å². The molecule has 1 aliphatic rings. The van der Waals surface area contributed by atoms with E-state index in [1.54, 1.807) is 30.3 Å². The van der Waals surface area contributed by atoms with Crippen LogP contribution in [0.1, 0.15) is 5.56 Å². The Hall–Kier alpha value is -3.18. The Morgan fingerprint density at radius 3 is 2.63 bits per heavy atom. The molecular formula is C19H15BrN2O5. The number of nitriles is 1. The van der Waals surface area contributed by atoms with Crippen molar-refractivity contribution in [3.63, 3.8) is 0 Å². The van der Waals surface area contributed by atoms with Crippen LogP contribution in [0.3, 0.4) is 0 Å². The second kappa shape index (κ2) is 8.01. The average molecular weight is 431 g/mol. The number of carbonyl (C=O) groups excluding carboxylic acids is 1. The van der Waals surface area contributed by atoms with Crippen molar-refractivity contribution in [1.29, 1.82) is 5.26 Å². The van der Waals surface area contributed by atoms with Crippen LogP contribution in [-0.4, -0.2) is 26.9 Å². The van der Waals surface area contributed by atoms with Crippen LogP contribution in [0, 0.1) is 11.3 Å². The van der Waals surface area contributed by atoms with Gasteiger partial charge < -0.3 is 24.3 Å². The fourth-order valence-electron chi connectivity index (χ4n) is 2.45. The molecule has 1 amide bonds. The summed E-state index contributed by atoms with van der Waals surface area (Å²) in [5.74, 6) is 1.58. The maximum absolute atomic E-state index is 12.6. The summed E-state index contributed by atoms with van der Waals surface area (Å²) >= 11 is 3.41. The number of halogens is 1. The van der Waals surface area contributed by atoms with Gasteiger partial charge in [-0.3, -0.25) is 4.79 Å². The number of fused-ring (bicyclic) bond motifs is 1. The Kier molecular flexibility index (Phi) is 5.52. The quantitative estimate of drug-likeness (QED) is 0.573. The lowest BCUT2D eigenvalue weighted by molar-refractivity contribution is -0.112. The van der Waals surface area contributed by atoms with Crippen LogP contribution in [0.25, 0.3) is 6.08 Å². The average Bonchev–Trinajstić information content (AvgIpc) is 3.12. The lowest BCUT2D eigenvalue weighted by Gasteiger charge is -2.11. The van der Waals surface area contributed by atoms with Gasteiger partial charge in [-0.05, 0) is 35.9 Å². The van der Waals surface area contributed by atoms with Crippen molar-refractivity contribution in [2.75, 3.05) is 26.3 Å². The van der Waals surface area contributed by atoms with Gasteiger partial charge in [0.05, 0.1) is 19.9 Å². The van der Waals surface area contributed by atoms with Gasteiger partial charge in [-0.15, -0.1) is 0 Å². The zero-order chi connectivity index (χ0) is 19.4. The molecule has 2 aromatic carbocycles. The summed E-state index contributed by atoms with van der Waals surface area (Å²) in [7, 11) is 3.01. The third kappa shape index (κ3) is 3.99. The minimum absolute atomic E-state index is 0.0839. The smallest absolute Gasteiger partial charge is 0.266 e. The van der Waals surface area contributed by atoms with Gasteiger partial charge in [-0.2, -0.15) is 5.26 Å². The third-order valence-corrected chi connectivity index (χ3v) is 4.50. The van der Waals surface area contributed by atoms with Crippen molar-refractivity contribution in [2.24, 2.45) is 0 Å². The van der Waals surface area contributed by atoms with Crippen molar-refractivity contribution in [2.45, 2.75) is 0 Å². The number of anilines is 1. The Morgan fingerprint density at radius 2 is 1.96 bits per heavy atom. The van der Waals surface area contributed by atoms with Gasteiger partial charge in [-0.1, -0.05) is 15.9 Å². The molecule has 8 heteroatoms. The largest absolute Gasteiger partial charge is 0.497 e. The van der Waals surface area contributed by atoms with Crippen LogP contribution in [0.2, 0.25) is 0 Å². The van der Waals surface area contributed by atoms with Gasteiger partial charge in [-0.25, -0.2) is 0 Å². The molecule has 138 valence electrons.